The standard InChI is InChI=1S/C19H17ClN2O2/c1-11-5-8-18-15(9-11)13-3-2-4-14(13)19(21-18)16-10-12(22(23)24)6-7-17(16)20/h2-3,5-10,13-14,19,21H,4H2,1H3/t13-,14-,19-/m1/s1. The number of halogens is 1. The lowest BCUT2D eigenvalue weighted by Crippen LogP contribution is -2.29. The van der Waals surface area contributed by atoms with Crippen LogP contribution in [-0.4, -0.2) is 4.92 Å². The van der Waals surface area contributed by atoms with Gasteiger partial charge in [-0.05, 0) is 37.0 Å². The first-order valence-corrected chi connectivity index (χ1v) is 8.40. The molecule has 0 amide bonds. The molecular formula is C19H17ClN2O2. The number of nitrogens with one attached hydrogen (secondary N) is 1. The third-order valence-corrected chi connectivity index (χ3v) is 5.39. The summed E-state index contributed by atoms with van der Waals surface area (Å²) in [4.78, 5) is 10.8. The van der Waals surface area contributed by atoms with Gasteiger partial charge in [-0.3, -0.25) is 10.1 Å². The van der Waals surface area contributed by atoms with Crippen molar-refractivity contribution in [2.24, 2.45) is 5.92 Å². The minimum absolute atomic E-state index is 0.0346. The Labute approximate surface area is 145 Å². The summed E-state index contributed by atoms with van der Waals surface area (Å²) in [6, 6.07) is 11.0. The van der Waals surface area contributed by atoms with Gasteiger partial charge in [0.25, 0.3) is 5.69 Å². The Morgan fingerprint density at radius 1 is 1.21 bits per heavy atom. The van der Waals surface area contributed by atoms with Gasteiger partial charge in [-0.2, -0.15) is 0 Å². The maximum Gasteiger partial charge on any atom is 0.269 e. The number of nitro groups is 1. The van der Waals surface area contributed by atoms with Crippen molar-refractivity contribution in [1.82, 2.24) is 0 Å². The fourth-order valence-corrected chi connectivity index (χ4v) is 4.14. The van der Waals surface area contributed by atoms with E-state index in [1.165, 1.54) is 17.2 Å². The van der Waals surface area contributed by atoms with E-state index in [9.17, 15) is 10.1 Å². The molecule has 0 bridgehead atoms. The second kappa shape index (κ2) is 5.64. The van der Waals surface area contributed by atoms with Crippen LogP contribution in [0.1, 0.15) is 35.1 Å². The van der Waals surface area contributed by atoms with Gasteiger partial charge in [-0.25, -0.2) is 0 Å². The first-order chi connectivity index (χ1) is 11.5. The van der Waals surface area contributed by atoms with Gasteiger partial charge in [0.15, 0.2) is 0 Å². The van der Waals surface area contributed by atoms with E-state index in [-0.39, 0.29) is 16.7 Å². The number of nitro benzene ring substituents is 1. The Hall–Kier alpha value is -2.33. The second-order valence-electron chi connectivity index (χ2n) is 6.53. The van der Waals surface area contributed by atoms with Crippen LogP contribution in [0, 0.1) is 23.0 Å². The maximum atomic E-state index is 11.1. The highest BCUT2D eigenvalue weighted by Gasteiger charge is 2.39. The smallest absolute Gasteiger partial charge is 0.269 e. The number of rotatable bonds is 2. The minimum Gasteiger partial charge on any atom is -0.378 e. The molecule has 1 N–H and O–H groups in total. The Bertz CT molecular complexity index is 862. The van der Waals surface area contributed by atoms with Crippen LogP contribution in [-0.2, 0) is 0 Å². The van der Waals surface area contributed by atoms with E-state index in [0.717, 1.165) is 17.7 Å². The molecule has 0 fully saturated rings. The molecule has 0 aromatic heterocycles. The van der Waals surface area contributed by atoms with E-state index in [1.807, 2.05) is 0 Å². The number of allylic oxidation sites excluding steroid dienone is 2. The zero-order valence-electron chi connectivity index (χ0n) is 13.2. The summed E-state index contributed by atoms with van der Waals surface area (Å²) < 4.78 is 0. The molecule has 0 radical (unpaired) electrons. The van der Waals surface area contributed by atoms with Gasteiger partial charge < -0.3 is 5.32 Å². The van der Waals surface area contributed by atoms with Crippen LogP contribution in [0.3, 0.4) is 0 Å². The molecule has 122 valence electrons. The topological polar surface area (TPSA) is 55.2 Å². The van der Waals surface area contributed by atoms with Crippen molar-refractivity contribution in [3.63, 3.8) is 0 Å². The van der Waals surface area contributed by atoms with Gasteiger partial charge >= 0.3 is 0 Å². The van der Waals surface area contributed by atoms with Gasteiger partial charge in [-0.15, -0.1) is 0 Å². The molecule has 1 heterocycles. The van der Waals surface area contributed by atoms with Gasteiger partial charge in [-0.1, -0.05) is 41.4 Å². The van der Waals surface area contributed by atoms with Crippen LogP contribution in [0.5, 0.6) is 0 Å². The normalized spacial score (nSPS) is 24.2. The van der Waals surface area contributed by atoms with Crippen LogP contribution in [0.25, 0.3) is 0 Å². The summed E-state index contributed by atoms with van der Waals surface area (Å²) >= 11 is 6.39. The molecule has 2 aromatic carbocycles. The number of hydrogen-bond donors (Lipinski definition) is 1. The van der Waals surface area contributed by atoms with E-state index in [4.69, 9.17) is 11.6 Å². The van der Waals surface area contributed by atoms with Crippen molar-refractivity contribution in [3.8, 4) is 0 Å². The first kappa shape index (κ1) is 15.2. The molecule has 5 heteroatoms. The highest BCUT2D eigenvalue weighted by molar-refractivity contribution is 6.31. The predicted octanol–water partition coefficient (Wildman–Crippen LogP) is 5.38. The second-order valence-corrected chi connectivity index (χ2v) is 6.94. The van der Waals surface area contributed by atoms with Crippen molar-refractivity contribution in [2.45, 2.75) is 25.3 Å². The predicted molar refractivity (Wildman–Crippen MR) is 95.6 cm³/mol. The molecule has 0 unspecified atom stereocenters. The Morgan fingerprint density at radius 3 is 2.83 bits per heavy atom. The number of hydrogen-bond acceptors (Lipinski definition) is 3. The highest BCUT2D eigenvalue weighted by Crippen LogP contribution is 2.51. The first-order valence-electron chi connectivity index (χ1n) is 8.02. The van der Waals surface area contributed by atoms with Gasteiger partial charge in [0.1, 0.15) is 0 Å². The molecule has 0 saturated heterocycles. The third kappa shape index (κ3) is 2.38. The fourth-order valence-electron chi connectivity index (χ4n) is 3.90. The Morgan fingerprint density at radius 2 is 2.04 bits per heavy atom. The molecule has 1 aliphatic heterocycles. The molecule has 3 atom stereocenters. The summed E-state index contributed by atoms with van der Waals surface area (Å²) in [7, 11) is 0. The number of anilines is 1. The van der Waals surface area contributed by atoms with Crippen molar-refractivity contribution < 1.29 is 4.92 Å². The molecule has 24 heavy (non-hydrogen) atoms. The van der Waals surface area contributed by atoms with Crippen molar-refractivity contribution >= 4 is 23.0 Å². The molecule has 0 spiro atoms. The van der Waals surface area contributed by atoms with Crippen LogP contribution >= 0.6 is 11.6 Å². The summed E-state index contributed by atoms with van der Waals surface area (Å²) in [5, 5.41) is 15.3. The summed E-state index contributed by atoms with van der Waals surface area (Å²) in [6.45, 7) is 2.09. The Balaban J connectivity index is 1.81. The molecule has 4 rings (SSSR count). The monoisotopic (exact) mass is 340 g/mol. The molecule has 1 aliphatic carbocycles. The van der Waals surface area contributed by atoms with Crippen molar-refractivity contribution in [3.05, 3.63) is 80.4 Å². The molecule has 4 nitrogen and oxygen atoms in total. The molecule has 2 aromatic rings. The van der Waals surface area contributed by atoms with Gasteiger partial charge in [0.05, 0.1) is 11.0 Å². The van der Waals surface area contributed by atoms with Crippen LogP contribution in [0.4, 0.5) is 11.4 Å². The SMILES string of the molecule is Cc1ccc2c(c1)[C@@H]1C=CC[C@H]1[C@H](c1cc([N+](=O)[O-])ccc1Cl)N2. The van der Waals surface area contributed by atoms with E-state index >= 15 is 0 Å². The maximum absolute atomic E-state index is 11.1. The quantitative estimate of drug-likeness (QED) is 0.453. The lowest BCUT2D eigenvalue weighted by molar-refractivity contribution is -0.384. The lowest BCUT2D eigenvalue weighted by Gasteiger charge is -2.38. The zero-order chi connectivity index (χ0) is 16.8. The van der Waals surface area contributed by atoms with Crippen molar-refractivity contribution in [1.29, 1.82) is 0 Å². The number of non-ortho nitro benzene ring substituents is 1. The van der Waals surface area contributed by atoms with Crippen molar-refractivity contribution in [2.75, 3.05) is 5.32 Å². The van der Waals surface area contributed by atoms with E-state index in [1.54, 1.807) is 12.1 Å². The number of fused-ring (bicyclic) bond motifs is 3. The highest BCUT2D eigenvalue weighted by atomic mass is 35.5. The van der Waals surface area contributed by atoms with Gasteiger partial charge in [0, 0.05) is 34.3 Å². The fraction of sp³-hybridized carbons (Fsp3) is 0.263. The number of benzene rings is 2. The van der Waals surface area contributed by atoms with E-state index in [0.29, 0.717) is 16.9 Å². The zero-order valence-corrected chi connectivity index (χ0v) is 14.0. The third-order valence-electron chi connectivity index (χ3n) is 5.04. The van der Waals surface area contributed by atoms with E-state index < -0.39 is 0 Å². The largest absolute Gasteiger partial charge is 0.378 e. The average molecular weight is 341 g/mol. The summed E-state index contributed by atoms with van der Waals surface area (Å²) in [6.07, 6.45) is 5.39. The molecule has 2 aliphatic rings. The Kier molecular flexibility index (Phi) is 3.57. The summed E-state index contributed by atoms with van der Waals surface area (Å²) in [5.41, 5.74) is 4.50. The van der Waals surface area contributed by atoms with E-state index in [2.05, 4.69) is 42.6 Å². The number of nitrogens with zero attached hydrogens (tertiary/aromatic N) is 1. The summed E-state index contributed by atoms with van der Waals surface area (Å²) in [5.74, 6) is 0.639. The number of aryl methyl sites for hydroxylation is 1. The lowest BCUT2D eigenvalue weighted by atomic mass is 9.76. The van der Waals surface area contributed by atoms with Gasteiger partial charge in [0.2, 0.25) is 0 Å². The average Bonchev–Trinajstić information content (AvgIpc) is 3.04. The van der Waals surface area contributed by atoms with Crippen LogP contribution in [0.2, 0.25) is 5.02 Å². The molecule has 0 saturated carbocycles. The van der Waals surface area contributed by atoms with Crippen LogP contribution in [0.15, 0.2) is 48.6 Å². The minimum atomic E-state index is -0.371. The molecular weight excluding hydrogens is 324 g/mol. The van der Waals surface area contributed by atoms with Crippen LogP contribution < -0.4 is 5.32 Å².